The van der Waals surface area contributed by atoms with E-state index in [1.165, 1.54) is 35.0 Å². The molecule has 2 heterocycles. The molecule has 1 aromatic carbocycles. The molecule has 100 valence electrons. The lowest BCUT2D eigenvalue weighted by atomic mass is 9.77. The summed E-state index contributed by atoms with van der Waals surface area (Å²) in [5, 5.41) is 1.40. The van der Waals surface area contributed by atoms with Crippen molar-refractivity contribution in [2.45, 2.75) is 30.9 Å². The summed E-state index contributed by atoms with van der Waals surface area (Å²) in [5.41, 5.74) is 4.22. The lowest BCUT2D eigenvalue weighted by Gasteiger charge is -2.45. The van der Waals surface area contributed by atoms with Crippen LogP contribution >= 0.6 is 0 Å². The zero-order chi connectivity index (χ0) is 13.0. The van der Waals surface area contributed by atoms with E-state index in [4.69, 9.17) is 4.74 Å². The number of nitrogens with zero attached hydrogens (tertiary/aromatic N) is 1. The van der Waals surface area contributed by atoms with Crippen molar-refractivity contribution in [3.05, 3.63) is 35.5 Å². The molecule has 2 aromatic rings. The first-order valence-corrected chi connectivity index (χ1v) is 7.10. The molecule has 1 aliphatic carbocycles. The van der Waals surface area contributed by atoms with E-state index in [2.05, 4.69) is 41.2 Å². The Hall–Kier alpha value is -1.32. The third kappa shape index (κ3) is 1.58. The van der Waals surface area contributed by atoms with Crippen LogP contribution in [0.15, 0.2) is 24.3 Å². The van der Waals surface area contributed by atoms with Crippen LogP contribution in [0.1, 0.15) is 23.6 Å². The van der Waals surface area contributed by atoms with E-state index in [1.54, 1.807) is 0 Å². The summed E-state index contributed by atoms with van der Waals surface area (Å²) in [4.78, 5) is 6.12. The van der Waals surface area contributed by atoms with Crippen LogP contribution in [0.3, 0.4) is 0 Å². The van der Waals surface area contributed by atoms with Crippen molar-refractivity contribution in [2.75, 3.05) is 20.7 Å². The summed E-state index contributed by atoms with van der Waals surface area (Å²) in [6.07, 6.45) is 2.70. The zero-order valence-electron chi connectivity index (χ0n) is 11.5. The van der Waals surface area contributed by atoms with E-state index in [-0.39, 0.29) is 0 Å². The Bertz CT molecular complexity index is 618. The summed E-state index contributed by atoms with van der Waals surface area (Å²) in [6, 6.07) is 9.34. The molecular weight excluding hydrogens is 236 g/mol. The second-order valence-corrected chi connectivity index (χ2v) is 5.98. The average molecular weight is 256 g/mol. The van der Waals surface area contributed by atoms with Crippen molar-refractivity contribution >= 4 is 10.9 Å². The number of hydrogen-bond acceptors (Lipinski definition) is 2. The zero-order valence-corrected chi connectivity index (χ0v) is 11.5. The number of H-pyrrole nitrogens is 1. The number of rotatable bonds is 1. The van der Waals surface area contributed by atoms with Gasteiger partial charge in [0.2, 0.25) is 0 Å². The fourth-order valence-corrected chi connectivity index (χ4v) is 3.96. The van der Waals surface area contributed by atoms with Gasteiger partial charge in [-0.25, -0.2) is 0 Å². The number of methoxy groups -OCH3 is 1. The van der Waals surface area contributed by atoms with Crippen LogP contribution in [0.4, 0.5) is 0 Å². The number of aromatic amines is 1. The van der Waals surface area contributed by atoms with E-state index in [1.807, 2.05) is 7.11 Å². The maximum Gasteiger partial charge on any atom is 0.0781 e. The van der Waals surface area contributed by atoms with Crippen molar-refractivity contribution in [1.29, 1.82) is 0 Å². The highest BCUT2D eigenvalue weighted by Crippen LogP contribution is 2.42. The predicted molar refractivity (Wildman–Crippen MR) is 76.6 cm³/mol. The summed E-state index contributed by atoms with van der Waals surface area (Å²) < 4.78 is 5.74. The van der Waals surface area contributed by atoms with Crippen LogP contribution in [0.25, 0.3) is 10.9 Å². The van der Waals surface area contributed by atoms with Crippen LogP contribution in [-0.4, -0.2) is 42.7 Å². The van der Waals surface area contributed by atoms with Crippen LogP contribution in [0.5, 0.6) is 0 Å². The Morgan fingerprint density at radius 3 is 3.00 bits per heavy atom. The molecule has 19 heavy (non-hydrogen) atoms. The molecule has 0 spiro atoms. The SMILES string of the molecule is CO[C@H]1CN(C)[C@@H]2Cc3c([nH]c4ccccc34)[C@@H]1C2. The number of nitrogens with one attached hydrogen (secondary N) is 1. The first-order valence-electron chi connectivity index (χ1n) is 7.10. The van der Waals surface area contributed by atoms with Gasteiger partial charge in [-0.1, -0.05) is 18.2 Å². The number of para-hydroxylation sites is 1. The molecule has 2 aliphatic rings. The van der Waals surface area contributed by atoms with E-state index < -0.39 is 0 Å². The molecule has 1 aliphatic heterocycles. The second kappa shape index (κ2) is 4.09. The number of benzene rings is 1. The van der Waals surface area contributed by atoms with Crippen LogP contribution < -0.4 is 0 Å². The molecule has 0 radical (unpaired) electrons. The minimum absolute atomic E-state index is 0.313. The van der Waals surface area contributed by atoms with Crippen molar-refractivity contribution in [3.8, 4) is 0 Å². The molecule has 3 nitrogen and oxygen atoms in total. The highest BCUT2D eigenvalue weighted by molar-refractivity contribution is 5.85. The standard InChI is InChI=1S/C16H20N2O/c1-18-9-15(19-2)13-8-10(18)7-12-11-5-3-4-6-14(11)17-16(12)13/h3-6,10,13,15,17H,7-9H2,1-2H3/t10-,13-,15+/m1/s1. The molecule has 1 fully saturated rings. The molecular formula is C16H20N2O. The molecule has 3 atom stereocenters. The Morgan fingerprint density at radius 1 is 1.32 bits per heavy atom. The highest BCUT2D eigenvalue weighted by Gasteiger charge is 2.41. The van der Waals surface area contributed by atoms with E-state index in [9.17, 15) is 0 Å². The Labute approximate surface area is 113 Å². The van der Waals surface area contributed by atoms with Crippen LogP contribution in [-0.2, 0) is 11.2 Å². The van der Waals surface area contributed by atoms with Crippen LogP contribution in [0.2, 0.25) is 0 Å². The van der Waals surface area contributed by atoms with Gasteiger partial charge >= 0.3 is 0 Å². The monoisotopic (exact) mass is 256 g/mol. The van der Waals surface area contributed by atoms with Gasteiger partial charge in [-0.15, -0.1) is 0 Å². The van der Waals surface area contributed by atoms with Gasteiger partial charge in [0.1, 0.15) is 0 Å². The molecule has 0 unspecified atom stereocenters. The minimum atomic E-state index is 0.313. The number of fused-ring (bicyclic) bond motifs is 6. The number of piperidine rings is 1. The molecule has 1 N–H and O–H groups in total. The maximum absolute atomic E-state index is 5.74. The molecule has 3 heteroatoms. The Morgan fingerprint density at radius 2 is 2.16 bits per heavy atom. The first kappa shape index (κ1) is 11.5. The van der Waals surface area contributed by atoms with Gasteiger partial charge in [-0.05, 0) is 31.5 Å². The van der Waals surface area contributed by atoms with Crippen molar-refractivity contribution in [3.63, 3.8) is 0 Å². The van der Waals surface area contributed by atoms with Crippen molar-refractivity contribution < 1.29 is 4.74 Å². The number of hydrogen-bond donors (Lipinski definition) is 1. The fraction of sp³-hybridized carbons (Fsp3) is 0.500. The molecule has 1 saturated heterocycles. The summed E-state index contributed by atoms with van der Waals surface area (Å²) >= 11 is 0. The molecule has 0 saturated carbocycles. The number of likely N-dealkylation sites (tertiary alicyclic amines) is 1. The topological polar surface area (TPSA) is 28.3 Å². The van der Waals surface area contributed by atoms with Gasteiger partial charge in [-0.2, -0.15) is 0 Å². The molecule has 0 amide bonds. The smallest absolute Gasteiger partial charge is 0.0781 e. The maximum atomic E-state index is 5.74. The molecule has 4 rings (SSSR count). The predicted octanol–water partition coefficient (Wildman–Crippen LogP) is 2.53. The molecule has 1 aromatic heterocycles. The lowest BCUT2D eigenvalue weighted by Crippen LogP contribution is -2.51. The molecule has 2 bridgehead atoms. The van der Waals surface area contributed by atoms with Gasteiger partial charge < -0.3 is 14.6 Å². The Balaban J connectivity index is 1.90. The average Bonchev–Trinajstić information content (AvgIpc) is 2.81. The van der Waals surface area contributed by atoms with Gasteiger partial charge in [0, 0.05) is 42.2 Å². The van der Waals surface area contributed by atoms with E-state index >= 15 is 0 Å². The van der Waals surface area contributed by atoms with Crippen molar-refractivity contribution in [1.82, 2.24) is 9.88 Å². The first-order chi connectivity index (χ1) is 9.28. The van der Waals surface area contributed by atoms with E-state index in [0.717, 1.165) is 6.54 Å². The van der Waals surface area contributed by atoms with Gasteiger partial charge in [0.15, 0.2) is 0 Å². The lowest BCUT2D eigenvalue weighted by molar-refractivity contribution is -0.00629. The number of likely N-dealkylation sites (N-methyl/N-ethyl adjacent to an activating group) is 1. The third-order valence-electron chi connectivity index (χ3n) is 5.03. The number of ether oxygens (including phenoxy) is 1. The highest BCUT2D eigenvalue weighted by atomic mass is 16.5. The van der Waals surface area contributed by atoms with E-state index in [0.29, 0.717) is 18.1 Å². The van der Waals surface area contributed by atoms with Crippen molar-refractivity contribution in [2.24, 2.45) is 0 Å². The quantitative estimate of drug-likeness (QED) is 0.849. The minimum Gasteiger partial charge on any atom is -0.379 e. The normalized spacial score (nSPS) is 30.5. The third-order valence-corrected chi connectivity index (χ3v) is 5.03. The fourth-order valence-electron chi connectivity index (χ4n) is 3.96. The largest absolute Gasteiger partial charge is 0.379 e. The summed E-state index contributed by atoms with van der Waals surface area (Å²) in [5.74, 6) is 0.530. The van der Waals surface area contributed by atoms with Gasteiger partial charge in [-0.3, -0.25) is 0 Å². The Kier molecular flexibility index (Phi) is 2.47. The number of aromatic nitrogens is 1. The van der Waals surface area contributed by atoms with Gasteiger partial charge in [0.25, 0.3) is 0 Å². The van der Waals surface area contributed by atoms with Gasteiger partial charge in [0.05, 0.1) is 6.10 Å². The summed E-state index contributed by atoms with van der Waals surface area (Å²) in [7, 11) is 4.07. The summed E-state index contributed by atoms with van der Waals surface area (Å²) in [6.45, 7) is 1.04. The second-order valence-electron chi connectivity index (χ2n) is 5.98. The van der Waals surface area contributed by atoms with Crippen LogP contribution in [0, 0.1) is 0 Å².